The van der Waals surface area contributed by atoms with Crippen molar-refractivity contribution < 1.29 is 23.1 Å². The van der Waals surface area contributed by atoms with Crippen molar-refractivity contribution in [3.8, 4) is 0 Å². The first-order valence-corrected chi connectivity index (χ1v) is 3.39. The molecule has 0 aromatic rings. The van der Waals surface area contributed by atoms with Gasteiger partial charge in [0.25, 0.3) is 6.43 Å². The summed E-state index contributed by atoms with van der Waals surface area (Å²) in [6.07, 6.45) is -2.72. The van der Waals surface area contributed by atoms with Crippen molar-refractivity contribution in [1.29, 1.82) is 5.41 Å². The number of carbonyl (C=O) groups is 1. The molecular weight excluding hydrogens is 236 g/mol. The molecule has 6 nitrogen and oxygen atoms in total. The molecule has 0 aromatic carbocycles. The van der Waals surface area contributed by atoms with E-state index in [0.717, 1.165) is 7.11 Å². The zero-order valence-electron chi connectivity index (χ0n) is 7.70. The number of carbonyl (C=O) groups excluding carboxylic acids is 1. The molecule has 0 heterocycles. The van der Waals surface area contributed by atoms with Crippen LogP contribution in [0, 0.1) is 5.41 Å². The molecule has 0 aromatic heterocycles. The van der Waals surface area contributed by atoms with Gasteiger partial charge in [0.05, 0.1) is 7.11 Å². The van der Waals surface area contributed by atoms with E-state index in [4.69, 9.17) is 11.1 Å². The molecule has 0 saturated carbocycles. The van der Waals surface area contributed by atoms with Gasteiger partial charge < -0.3 is 15.3 Å². The maximum Gasteiger partial charge on any atom is 0.363 e. The average Bonchev–Trinajstić information content (AvgIpc) is 2.10. The van der Waals surface area contributed by atoms with Crippen LogP contribution in [-0.2, 0) is 14.4 Å². The van der Waals surface area contributed by atoms with Crippen molar-refractivity contribution in [3.05, 3.63) is 0 Å². The summed E-state index contributed by atoms with van der Waals surface area (Å²) in [4.78, 5) is 14.8. The van der Waals surface area contributed by atoms with Gasteiger partial charge in [-0.2, -0.15) is 0 Å². The number of methoxy groups -OCH3 is 1. The summed E-state index contributed by atoms with van der Waals surface area (Å²) in [5.74, 6) is -1.74. The molecule has 0 atom stereocenters. The number of nitrogens with two attached hydrogens (primary N) is 1. The molecule has 0 fully saturated rings. The summed E-state index contributed by atoms with van der Waals surface area (Å²) < 4.78 is 27.3. The molecule has 0 bridgehead atoms. The van der Waals surface area contributed by atoms with Crippen LogP contribution in [0.1, 0.15) is 0 Å². The third-order valence-corrected chi connectivity index (χ3v) is 0.990. The lowest BCUT2D eigenvalue weighted by Crippen LogP contribution is -2.31. The van der Waals surface area contributed by atoms with Crippen molar-refractivity contribution >= 4 is 29.9 Å². The van der Waals surface area contributed by atoms with Crippen LogP contribution >= 0.6 is 12.4 Å². The summed E-state index contributed by atoms with van der Waals surface area (Å²) >= 11 is 0. The molecule has 9 heteroatoms. The minimum Gasteiger partial charge on any atom is -0.464 e. The van der Waals surface area contributed by atoms with Crippen LogP contribution in [0.15, 0.2) is 5.16 Å². The molecule has 15 heavy (non-hydrogen) atoms. The van der Waals surface area contributed by atoms with Gasteiger partial charge in [0, 0.05) is 0 Å². The normalized spacial score (nSPS) is 10.5. The monoisotopic (exact) mass is 245 g/mol. The van der Waals surface area contributed by atoms with E-state index >= 15 is 0 Å². The Morgan fingerprint density at radius 1 is 1.60 bits per heavy atom. The zero-order chi connectivity index (χ0) is 11.1. The summed E-state index contributed by atoms with van der Waals surface area (Å²) in [5, 5.41) is 9.80. The van der Waals surface area contributed by atoms with Gasteiger partial charge >= 0.3 is 5.97 Å². The number of esters is 1. The second kappa shape index (κ2) is 7.92. The SMILES string of the molecule is COC(=O)C(=NOCC(F)F)C(=N)N.Cl. The van der Waals surface area contributed by atoms with Crippen LogP contribution in [-0.4, -0.2) is 37.7 Å². The number of ether oxygens (including phenoxy) is 1. The standard InChI is InChI=1S/C6H9F2N3O3.ClH/c1-13-6(12)4(5(9)10)11-14-2-3(7)8;/h3H,2H2,1H3,(H3,9,10);1H. The van der Waals surface area contributed by atoms with E-state index in [1.807, 2.05) is 0 Å². The van der Waals surface area contributed by atoms with Crippen LogP contribution in [0.25, 0.3) is 0 Å². The van der Waals surface area contributed by atoms with E-state index in [2.05, 4.69) is 14.7 Å². The highest BCUT2D eigenvalue weighted by Gasteiger charge is 2.16. The fraction of sp³-hybridized carbons (Fsp3) is 0.500. The van der Waals surface area contributed by atoms with E-state index in [0.29, 0.717) is 0 Å². The van der Waals surface area contributed by atoms with Crippen molar-refractivity contribution in [3.63, 3.8) is 0 Å². The summed E-state index contributed by atoms with van der Waals surface area (Å²) in [7, 11) is 1.04. The van der Waals surface area contributed by atoms with Crippen LogP contribution < -0.4 is 5.73 Å². The van der Waals surface area contributed by atoms with Gasteiger partial charge in [-0.3, -0.25) is 5.41 Å². The third-order valence-electron chi connectivity index (χ3n) is 0.990. The topological polar surface area (TPSA) is 97.8 Å². The smallest absolute Gasteiger partial charge is 0.363 e. The fourth-order valence-electron chi connectivity index (χ4n) is 0.451. The highest BCUT2D eigenvalue weighted by molar-refractivity contribution is 6.64. The molecule has 0 aliphatic rings. The van der Waals surface area contributed by atoms with Gasteiger partial charge in [0.2, 0.25) is 5.71 Å². The summed E-state index contributed by atoms with van der Waals surface area (Å²) in [5.41, 5.74) is 4.27. The van der Waals surface area contributed by atoms with Crippen molar-refractivity contribution in [2.75, 3.05) is 13.7 Å². The maximum atomic E-state index is 11.6. The highest BCUT2D eigenvalue weighted by Crippen LogP contribution is 1.94. The molecule has 0 rings (SSSR count). The number of nitrogens with zero attached hydrogens (tertiary/aromatic N) is 1. The van der Waals surface area contributed by atoms with Gasteiger partial charge in [0.15, 0.2) is 12.4 Å². The van der Waals surface area contributed by atoms with E-state index in [9.17, 15) is 13.6 Å². The Bertz CT molecular complexity index is 260. The third kappa shape index (κ3) is 6.61. The Kier molecular flexibility index (Phi) is 8.45. The number of hydrogen-bond acceptors (Lipinski definition) is 5. The van der Waals surface area contributed by atoms with Gasteiger partial charge in [-0.05, 0) is 0 Å². The van der Waals surface area contributed by atoms with Crippen LogP contribution in [0.4, 0.5) is 8.78 Å². The first kappa shape index (κ1) is 16.0. The van der Waals surface area contributed by atoms with Gasteiger partial charge in [-0.25, -0.2) is 13.6 Å². The molecule has 3 N–H and O–H groups in total. The highest BCUT2D eigenvalue weighted by atomic mass is 35.5. The van der Waals surface area contributed by atoms with E-state index in [1.54, 1.807) is 0 Å². The summed E-state index contributed by atoms with van der Waals surface area (Å²) in [6.45, 7) is -0.978. The first-order valence-electron chi connectivity index (χ1n) is 3.39. The number of nitrogens with one attached hydrogen (secondary N) is 1. The van der Waals surface area contributed by atoms with Gasteiger partial charge in [-0.15, -0.1) is 12.4 Å². The summed E-state index contributed by atoms with van der Waals surface area (Å²) in [6, 6.07) is 0. The van der Waals surface area contributed by atoms with Crippen molar-refractivity contribution in [1.82, 2.24) is 0 Å². The average molecular weight is 246 g/mol. The minimum atomic E-state index is -2.72. The number of oxime groups is 1. The van der Waals surface area contributed by atoms with E-state index in [-0.39, 0.29) is 12.4 Å². The lowest BCUT2D eigenvalue weighted by Gasteiger charge is -2.02. The molecule has 0 unspecified atom stereocenters. The largest absolute Gasteiger partial charge is 0.464 e. The Morgan fingerprint density at radius 3 is 2.47 bits per heavy atom. The Hall–Kier alpha value is -1.44. The quantitative estimate of drug-likeness (QED) is 0.312. The lowest BCUT2D eigenvalue weighted by molar-refractivity contribution is -0.132. The number of rotatable bonds is 5. The number of halogens is 3. The minimum absolute atomic E-state index is 0. The predicted octanol–water partition coefficient (Wildman–Crippen LogP) is 0.155. The number of alkyl halides is 2. The fourth-order valence-corrected chi connectivity index (χ4v) is 0.451. The van der Waals surface area contributed by atoms with Gasteiger partial charge in [0.1, 0.15) is 0 Å². The van der Waals surface area contributed by atoms with Crippen molar-refractivity contribution in [2.24, 2.45) is 10.9 Å². The molecule has 0 spiro atoms. The lowest BCUT2D eigenvalue weighted by atomic mass is 10.3. The predicted molar refractivity (Wildman–Crippen MR) is 50.6 cm³/mol. The number of hydrogen-bond donors (Lipinski definition) is 2. The molecule has 0 aliphatic carbocycles. The molecule has 0 aliphatic heterocycles. The van der Waals surface area contributed by atoms with Crippen molar-refractivity contribution in [2.45, 2.75) is 6.43 Å². The van der Waals surface area contributed by atoms with E-state index in [1.165, 1.54) is 0 Å². The molecule has 88 valence electrons. The first-order chi connectivity index (χ1) is 6.49. The Balaban J connectivity index is 0. The second-order valence-corrected chi connectivity index (χ2v) is 2.03. The molecule has 0 amide bonds. The van der Waals surface area contributed by atoms with Crippen LogP contribution in [0.5, 0.6) is 0 Å². The number of amidine groups is 1. The molecule has 0 radical (unpaired) electrons. The van der Waals surface area contributed by atoms with Crippen LogP contribution in [0.2, 0.25) is 0 Å². The van der Waals surface area contributed by atoms with Crippen LogP contribution in [0.3, 0.4) is 0 Å². The molecule has 0 saturated heterocycles. The van der Waals surface area contributed by atoms with E-state index < -0.39 is 30.5 Å². The Morgan fingerprint density at radius 2 is 2.13 bits per heavy atom. The maximum absolute atomic E-state index is 11.6. The Labute approximate surface area is 90.3 Å². The van der Waals surface area contributed by atoms with Gasteiger partial charge in [-0.1, -0.05) is 5.16 Å². The second-order valence-electron chi connectivity index (χ2n) is 2.03. The zero-order valence-corrected chi connectivity index (χ0v) is 8.51. The molecular formula is C6H10ClF2N3O3.